The van der Waals surface area contributed by atoms with E-state index in [1.54, 1.807) is 26.2 Å². The van der Waals surface area contributed by atoms with Gasteiger partial charge in [0.2, 0.25) is 0 Å². The van der Waals surface area contributed by atoms with Gasteiger partial charge in [-0.2, -0.15) is 0 Å². The summed E-state index contributed by atoms with van der Waals surface area (Å²) in [5, 5.41) is 0. The maximum Gasteiger partial charge on any atom is 0.379 e. The van der Waals surface area contributed by atoms with Crippen molar-refractivity contribution in [3.8, 4) is 11.5 Å². The molecule has 0 aliphatic carbocycles. The van der Waals surface area contributed by atoms with Crippen LogP contribution in [0.4, 0.5) is 0 Å². The zero-order valence-corrected chi connectivity index (χ0v) is 11.6. The first-order valence-corrected chi connectivity index (χ1v) is 6.05. The summed E-state index contributed by atoms with van der Waals surface area (Å²) in [6.45, 7) is 3.74. The predicted molar refractivity (Wildman–Crippen MR) is 69.9 cm³/mol. The van der Waals surface area contributed by atoms with Crippen LogP contribution in [0.1, 0.15) is 29.8 Å². The van der Waals surface area contributed by atoms with Crippen LogP contribution in [-0.4, -0.2) is 32.6 Å². The van der Waals surface area contributed by atoms with Crippen molar-refractivity contribution in [3.63, 3.8) is 0 Å². The second kappa shape index (κ2) is 6.78. The molecule has 0 atom stereocenters. The first-order chi connectivity index (χ1) is 9.08. The first kappa shape index (κ1) is 15.0. The van der Waals surface area contributed by atoms with Gasteiger partial charge in [-0.1, -0.05) is 6.92 Å². The van der Waals surface area contributed by atoms with Gasteiger partial charge < -0.3 is 14.2 Å². The highest BCUT2D eigenvalue weighted by molar-refractivity contribution is 6.41. The molecule has 5 nitrogen and oxygen atoms in total. The highest BCUT2D eigenvalue weighted by Gasteiger charge is 2.23. The summed E-state index contributed by atoms with van der Waals surface area (Å²) < 4.78 is 15.1. The van der Waals surface area contributed by atoms with Gasteiger partial charge in [-0.05, 0) is 25.0 Å². The molecule has 1 rings (SSSR count). The van der Waals surface area contributed by atoms with E-state index < -0.39 is 11.8 Å². The van der Waals surface area contributed by atoms with Gasteiger partial charge in [-0.3, -0.25) is 4.79 Å². The van der Waals surface area contributed by atoms with E-state index in [0.717, 1.165) is 5.56 Å². The molecule has 1 aromatic rings. The number of rotatable bonds is 6. The Kier molecular flexibility index (Phi) is 5.36. The van der Waals surface area contributed by atoms with E-state index in [2.05, 4.69) is 0 Å². The minimum atomic E-state index is -0.881. The number of esters is 1. The van der Waals surface area contributed by atoms with Crippen molar-refractivity contribution in [2.75, 3.05) is 20.8 Å². The van der Waals surface area contributed by atoms with Crippen molar-refractivity contribution >= 4 is 11.8 Å². The van der Waals surface area contributed by atoms with Crippen molar-refractivity contribution in [1.82, 2.24) is 0 Å². The van der Waals surface area contributed by atoms with E-state index in [4.69, 9.17) is 14.2 Å². The maximum absolute atomic E-state index is 12.0. The molecule has 1 aromatic carbocycles. The molecule has 5 heteroatoms. The summed E-state index contributed by atoms with van der Waals surface area (Å²) in [4.78, 5) is 23.5. The molecule has 0 saturated carbocycles. The Morgan fingerprint density at radius 3 is 2.16 bits per heavy atom. The molecule has 0 amide bonds. The number of hydrogen-bond acceptors (Lipinski definition) is 5. The summed E-state index contributed by atoms with van der Waals surface area (Å²) in [6, 6.07) is 3.21. The van der Waals surface area contributed by atoms with Crippen molar-refractivity contribution in [2.45, 2.75) is 20.3 Å². The number of ketones is 1. The Balaban J connectivity index is 3.25. The fourth-order valence-electron chi connectivity index (χ4n) is 1.73. The van der Waals surface area contributed by atoms with Crippen molar-refractivity contribution in [3.05, 3.63) is 23.3 Å². The van der Waals surface area contributed by atoms with E-state index in [1.165, 1.54) is 7.11 Å². The summed E-state index contributed by atoms with van der Waals surface area (Å²) in [5.74, 6) is -0.670. The van der Waals surface area contributed by atoms with Crippen LogP contribution in [0.2, 0.25) is 0 Å². The molecule has 19 heavy (non-hydrogen) atoms. The number of ether oxygens (including phenoxy) is 3. The lowest BCUT2D eigenvalue weighted by molar-refractivity contribution is -0.137. The molecule has 0 unspecified atom stereocenters. The monoisotopic (exact) mass is 266 g/mol. The van der Waals surface area contributed by atoms with Gasteiger partial charge in [-0.25, -0.2) is 4.79 Å². The Hall–Kier alpha value is -2.04. The highest BCUT2D eigenvalue weighted by Crippen LogP contribution is 2.30. The molecular formula is C14H18O5. The van der Waals surface area contributed by atoms with Crippen molar-refractivity contribution in [2.24, 2.45) is 0 Å². The Bertz CT molecular complexity index is 479. The van der Waals surface area contributed by atoms with Crippen LogP contribution in [0, 0.1) is 0 Å². The second-order valence-electron chi connectivity index (χ2n) is 3.77. The molecule has 0 bridgehead atoms. The average Bonchev–Trinajstić information content (AvgIpc) is 2.45. The highest BCUT2D eigenvalue weighted by atomic mass is 16.5. The molecule has 0 saturated heterocycles. The molecule has 0 spiro atoms. The number of carbonyl (C=O) groups excluding carboxylic acids is 2. The lowest BCUT2D eigenvalue weighted by Gasteiger charge is -2.13. The molecule has 104 valence electrons. The molecule has 0 aliphatic rings. The van der Waals surface area contributed by atoms with Crippen LogP contribution < -0.4 is 9.47 Å². The van der Waals surface area contributed by atoms with E-state index in [-0.39, 0.29) is 12.2 Å². The summed E-state index contributed by atoms with van der Waals surface area (Å²) in [7, 11) is 2.98. The minimum absolute atomic E-state index is 0.156. The van der Waals surface area contributed by atoms with Crippen molar-refractivity contribution in [1.29, 1.82) is 0 Å². The van der Waals surface area contributed by atoms with Gasteiger partial charge >= 0.3 is 5.97 Å². The Morgan fingerprint density at radius 2 is 1.68 bits per heavy atom. The van der Waals surface area contributed by atoms with Crippen LogP contribution in [0.5, 0.6) is 11.5 Å². The number of aryl methyl sites for hydroxylation is 1. The van der Waals surface area contributed by atoms with Gasteiger partial charge in [0, 0.05) is 6.07 Å². The van der Waals surface area contributed by atoms with Crippen LogP contribution in [0.15, 0.2) is 12.1 Å². The number of benzene rings is 1. The molecule has 0 aromatic heterocycles. The number of Topliss-reactive ketones (excluding diaryl/α,β-unsaturated/α-hetero) is 1. The summed E-state index contributed by atoms with van der Waals surface area (Å²) in [5.41, 5.74) is 1.02. The first-order valence-electron chi connectivity index (χ1n) is 6.05. The molecular weight excluding hydrogens is 248 g/mol. The van der Waals surface area contributed by atoms with E-state index >= 15 is 0 Å². The lowest BCUT2D eigenvalue weighted by Crippen LogP contribution is -2.18. The average molecular weight is 266 g/mol. The van der Waals surface area contributed by atoms with Gasteiger partial charge in [0.15, 0.2) is 0 Å². The van der Waals surface area contributed by atoms with Crippen LogP contribution in [0.25, 0.3) is 0 Å². The molecule has 0 radical (unpaired) electrons. The zero-order valence-electron chi connectivity index (χ0n) is 11.6. The van der Waals surface area contributed by atoms with E-state index in [0.29, 0.717) is 17.9 Å². The van der Waals surface area contributed by atoms with Crippen molar-refractivity contribution < 1.29 is 23.8 Å². The SMILES string of the molecule is CCOC(=O)C(=O)c1cc(CC)c(OC)cc1OC. The summed E-state index contributed by atoms with van der Waals surface area (Å²) in [6.07, 6.45) is 0.677. The number of methoxy groups -OCH3 is 2. The van der Waals surface area contributed by atoms with Gasteiger partial charge in [0.1, 0.15) is 11.5 Å². The van der Waals surface area contributed by atoms with Crippen LogP contribution >= 0.6 is 0 Å². The summed E-state index contributed by atoms with van der Waals surface area (Å²) >= 11 is 0. The molecule has 0 fully saturated rings. The third-order valence-corrected chi connectivity index (χ3v) is 2.69. The van der Waals surface area contributed by atoms with Crippen LogP contribution in [-0.2, 0) is 16.0 Å². The Morgan fingerprint density at radius 1 is 1.05 bits per heavy atom. The fourth-order valence-corrected chi connectivity index (χ4v) is 1.73. The normalized spacial score (nSPS) is 9.89. The van der Waals surface area contributed by atoms with Crippen LogP contribution in [0.3, 0.4) is 0 Å². The zero-order chi connectivity index (χ0) is 14.4. The number of carbonyl (C=O) groups is 2. The smallest absolute Gasteiger partial charge is 0.379 e. The lowest BCUT2D eigenvalue weighted by atomic mass is 10.0. The minimum Gasteiger partial charge on any atom is -0.496 e. The van der Waals surface area contributed by atoms with E-state index in [1.807, 2.05) is 6.92 Å². The quantitative estimate of drug-likeness (QED) is 0.448. The third-order valence-electron chi connectivity index (χ3n) is 2.69. The van der Waals surface area contributed by atoms with Gasteiger partial charge in [0.25, 0.3) is 5.78 Å². The second-order valence-corrected chi connectivity index (χ2v) is 3.77. The molecule has 0 N–H and O–H groups in total. The third kappa shape index (κ3) is 3.24. The molecule has 0 heterocycles. The van der Waals surface area contributed by atoms with Gasteiger partial charge in [-0.15, -0.1) is 0 Å². The maximum atomic E-state index is 12.0. The van der Waals surface area contributed by atoms with Gasteiger partial charge in [0.05, 0.1) is 26.4 Å². The Labute approximate surface area is 112 Å². The standard InChI is InChI=1S/C14H18O5/c1-5-9-7-10(13(15)14(16)19-6-2)12(18-4)8-11(9)17-3/h7-8H,5-6H2,1-4H3. The molecule has 0 aliphatic heterocycles. The fraction of sp³-hybridized carbons (Fsp3) is 0.429. The van der Waals surface area contributed by atoms with E-state index in [9.17, 15) is 9.59 Å². The number of hydrogen-bond donors (Lipinski definition) is 0. The topological polar surface area (TPSA) is 61.8 Å². The largest absolute Gasteiger partial charge is 0.496 e. The predicted octanol–water partition coefficient (Wildman–Crippen LogP) is 2.01.